The highest BCUT2D eigenvalue weighted by molar-refractivity contribution is 7.19. The van der Waals surface area contributed by atoms with Gasteiger partial charge in [0.05, 0.1) is 57.5 Å². The molecule has 0 aliphatic rings. The van der Waals surface area contributed by atoms with Crippen LogP contribution < -0.4 is 29.4 Å². The number of aryl methyl sites for hydroxylation is 1. The van der Waals surface area contributed by atoms with Crippen molar-refractivity contribution in [3.63, 3.8) is 0 Å². The predicted octanol–water partition coefficient (Wildman–Crippen LogP) is 5.16. The molecule has 0 aliphatic carbocycles. The Morgan fingerprint density at radius 1 is 0.870 bits per heavy atom. The third kappa shape index (κ3) is 5.90. The number of alkyl halides is 1. The maximum absolute atomic E-state index is 13.6. The number of halogens is 1. The average Bonchev–Trinajstić information content (AvgIpc) is 3.63. The molecule has 14 heteroatoms. The molecule has 6 rings (SSSR count). The van der Waals surface area contributed by atoms with Crippen LogP contribution in [0.15, 0.2) is 59.7 Å². The summed E-state index contributed by atoms with van der Waals surface area (Å²) in [5.41, 5.74) is 3.57. The van der Waals surface area contributed by atoms with Crippen LogP contribution in [0.25, 0.3) is 21.3 Å². The van der Waals surface area contributed by atoms with Gasteiger partial charge in [-0.05, 0) is 41.5 Å². The zero-order valence-corrected chi connectivity index (χ0v) is 27.6. The van der Waals surface area contributed by atoms with Gasteiger partial charge >= 0.3 is 0 Å². The second kappa shape index (κ2) is 13.2. The number of methoxy groups -OCH3 is 4. The number of rotatable bonds is 12. The molecule has 0 aliphatic heterocycles. The van der Waals surface area contributed by atoms with Crippen LogP contribution in [0.3, 0.4) is 0 Å². The standard InChI is InChI=1S/C32H32ClN7O5S/c1-38-28-22(29-30(38)37-27(14-33)46-29)15-35-40(31(28)41)18-21-10-11-34-32(36-21)39(16-19-6-8-23(42-2)25(12-19)44-4)17-20-7-9-24(43-3)26(13-20)45-5/h6-13,15H,14,16-18H2,1-5H3. The second-order valence-electron chi connectivity index (χ2n) is 10.4. The summed E-state index contributed by atoms with van der Waals surface area (Å²) < 4.78 is 26.1. The highest BCUT2D eigenvalue weighted by Gasteiger charge is 2.20. The quantitative estimate of drug-likeness (QED) is 0.163. The van der Waals surface area contributed by atoms with E-state index >= 15 is 0 Å². The number of thiazole rings is 1. The molecule has 238 valence electrons. The van der Waals surface area contributed by atoms with E-state index in [4.69, 9.17) is 35.5 Å². The number of hydrogen-bond donors (Lipinski definition) is 0. The number of hydrogen-bond acceptors (Lipinski definition) is 11. The molecule has 0 atom stereocenters. The molecular formula is C32H32ClN7O5S. The first-order valence-electron chi connectivity index (χ1n) is 14.3. The van der Waals surface area contributed by atoms with E-state index in [-0.39, 0.29) is 12.1 Å². The van der Waals surface area contributed by atoms with Crippen LogP contribution in [0.4, 0.5) is 5.95 Å². The van der Waals surface area contributed by atoms with E-state index in [2.05, 4.69) is 15.1 Å². The zero-order valence-electron chi connectivity index (χ0n) is 26.0. The van der Waals surface area contributed by atoms with Crippen molar-refractivity contribution >= 4 is 50.1 Å². The van der Waals surface area contributed by atoms with Crippen LogP contribution in [0, 0.1) is 0 Å². The van der Waals surface area contributed by atoms with E-state index in [1.807, 2.05) is 48.3 Å². The first-order valence-corrected chi connectivity index (χ1v) is 15.6. The predicted molar refractivity (Wildman–Crippen MR) is 178 cm³/mol. The van der Waals surface area contributed by atoms with Crippen LogP contribution in [0.5, 0.6) is 23.0 Å². The van der Waals surface area contributed by atoms with Crippen molar-refractivity contribution in [3.05, 3.63) is 87.0 Å². The van der Waals surface area contributed by atoms with Gasteiger partial charge in [0, 0.05) is 31.7 Å². The molecule has 0 bridgehead atoms. The van der Waals surface area contributed by atoms with Gasteiger partial charge in [0.25, 0.3) is 5.56 Å². The largest absolute Gasteiger partial charge is 0.493 e. The SMILES string of the molecule is COc1ccc(CN(Cc2ccc(OC)c(OC)c2)c2nccc(Cn3ncc4c5sc(CCl)nc5n(C)c4c3=O)n2)cc1OC. The number of benzene rings is 2. The van der Waals surface area contributed by atoms with E-state index in [1.54, 1.807) is 51.5 Å². The van der Waals surface area contributed by atoms with Gasteiger partial charge in [0.15, 0.2) is 28.6 Å². The highest BCUT2D eigenvalue weighted by Crippen LogP contribution is 2.32. The van der Waals surface area contributed by atoms with Gasteiger partial charge in [-0.15, -0.1) is 22.9 Å². The first kappa shape index (κ1) is 31.1. The lowest BCUT2D eigenvalue weighted by atomic mass is 10.1. The fourth-order valence-electron chi connectivity index (χ4n) is 5.38. The summed E-state index contributed by atoms with van der Waals surface area (Å²) in [6, 6.07) is 13.3. The van der Waals surface area contributed by atoms with Crippen LogP contribution in [0.1, 0.15) is 21.8 Å². The highest BCUT2D eigenvalue weighted by atomic mass is 35.5. The monoisotopic (exact) mass is 661 g/mol. The molecule has 6 aromatic rings. The third-order valence-electron chi connectivity index (χ3n) is 7.62. The summed E-state index contributed by atoms with van der Waals surface area (Å²) in [5, 5.41) is 6.05. The van der Waals surface area contributed by atoms with Gasteiger partial charge in [-0.25, -0.2) is 19.6 Å². The Hall–Kier alpha value is -4.88. The lowest BCUT2D eigenvalue weighted by Gasteiger charge is -2.24. The number of aromatic nitrogens is 6. The lowest BCUT2D eigenvalue weighted by molar-refractivity contribution is 0.354. The second-order valence-corrected chi connectivity index (χ2v) is 11.8. The van der Waals surface area contributed by atoms with Gasteiger partial charge in [-0.3, -0.25) is 4.79 Å². The van der Waals surface area contributed by atoms with Crippen LogP contribution in [0.2, 0.25) is 0 Å². The molecule has 0 amide bonds. The topological polar surface area (TPSA) is 119 Å². The number of anilines is 1. The van der Waals surface area contributed by atoms with Crippen molar-refractivity contribution in [2.75, 3.05) is 33.3 Å². The maximum Gasteiger partial charge on any atom is 0.291 e. The molecule has 0 spiro atoms. The van der Waals surface area contributed by atoms with Crippen molar-refractivity contribution in [3.8, 4) is 23.0 Å². The molecule has 0 radical (unpaired) electrons. The van der Waals surface area contributed by atoms with Crippen LogP contribution in [-0.4, -0.2) is 57.7 Å². The zero-order chi connectivity index (χ0) is 32.4. The Morgan fingerprint density at radius 2 is 1.50 bits per heavy atom. The molecule has 0 fully saturated rings. The molecular weight excluding hydrogens is 630 g/mol. The van der Waals surface area contributed by atoms with Crippen molar-refractivity contribution in [2.45, 2.75) is 25.5 Å². The molecule has 46 heavy (non-hydrogen) atoms. The van der Waals surface area contributed by atoms with E-state index in [1.165, 1.54) is 16.0 Å². The molecule has 0 saturated carbocycles. The van der Waals surface area contributed by atoms with Gasteiger partial charge in [-0.1, -0.05) is 12.1 Å². The minimum absolute atomic E-state index is 0.157. The van der Waals surface area contributed by atoms with Crippen molar-refractivity contribution in [1.82, 2.24) is 29.3 Å². The fraction of sp³-hybridized carbons (Fsp3) is 0.281. The van der Waals surface area contributed by atoms with E-state index in [0.717, 1.165) is 31.9 Å². The molecule has 2 aromatic carbocycles. The maximum atomic E-state index is 13.6. The lowest BCUT2D eigenvalue weighted by Crippen LogP contribution is -2.27. The normalized spacial score (nSPS) is 11.3. The Morgan fingerprint density at radius 3 is 2.09 bits per heavy atom. The van der Waals surface area contributed by atoms with E-state index in [9.17, 15) is 4.79 Å². The molecule has 12 nitrogen and oxygen atoms in total. The summed E-state index contributed by atoms with van der Waals surface area (Å²) in [4.78, 5) is 29.8. The molecule has 4 aromatic heterocycles. The average molecular weight is 662 g/mol. The summed E-state index contributed by atoms with van der Waals surface area (Å²) >= 11 is 7.48. The Balaban J connectivity index is 1.35. The van der Waals surface area contributed by atoms with Gasteiger partial charge in [0.2, 0.25) is 5.95 Å². The summed E-state index contributed by atoms with van der Waals surface area (Å²) in [5.74, 6) is 3.32. The van der Waals surface area contributed by atoms with Crippen molar-refractivity contribution < 1.29 is 18.9 Å². The first-order chi connectivity index (χ1) is 22.4. The Kier molecular flexibility index (Phi) is 8.95. The summed E-state index contributed by atoms with van der Waals surface area (Å²) in [6.45, 7) is 1.07. The number of nitrogens with zero attached hydrogens (tertiary/aromatic N) is 7. The Bertz CT molecular complexity index is 2040. The molecule has 0 N–H and O–H groups in total. The fourth-order valence-corrected chi connectivity index (χ4v) is 6.56. The van der Waals surface area contributed by atoms with Crippen molar-refractivity contribution in [1.29, 1.82) is 0 Å². The minimum Gasteiger partial charge on any atom is -0.493 e. The van der Waals surface area contributed by atoms with Gasteiger partial charge < -0.3 is 28.4 Å². The van der Waals surface area contributed by atoms with Gasteiger partial charge in [0.1, 0.15) is 10.5 Å². The van der Waals surface area contributed by atoms with Crippen LogP contribution in [-0.2, 0) is 32.6 Å². The number of ether oxygens (including phenoxy) is 4. The smallest absolute Gasteiger partial charge is 0.291 e. The van der Waals surface area contributed by atoms with Crippen LogP contribution >= 0.6 is 22.9 Å². The summed E-state index contributed by atoms with van der Waals surface area (Å²) in [7, 11) is 8.25. The third-order valence-corrected chi connectivity index (χ3v) is 9.11. The minimum atomic E-state index is -0.231. The molecule has 4 heterocycles. The number of fused-ring (bicyclic) bond motifs is 3. The molecule has 0 unspecified atom stereocenters. The van der Waals surface area contributed by atoms with E-state index < -0.39 is 0 Å². The van der Waals surface area contributed by atoms with E-state index in [0.29, 0.717) is 59.1 Å². The Labute approximate surface area is 273 Å². The van der Waals surface area contributed by atoms with Crippen molar-refractivity contribution in [2.24, 2.45) is 7.05 Å². The van der Waals surface area contributed by atoms with Gasteiger partial charge in [-0.2, -0.15) is 5.10 Å². The summed E-state index contributed by atoms with van der Waals surface area (Å²) in [6.07, 6.45) is 3.39. The molecule has 0 saturated heterocycles.